The third-order valence-corrected chi connectivity index (χ3v) is 6.23. The highest BCUT2D eigenvalue weighted by molar-refractivity contribution is 7.93. The number of hydrogen-bond acceptors (Lipinski definition) is 9. The number of carbonyl (C=O) groups is 2. The first-order valence-electron chi connectivity index (χ1n) is 10.3. The minimum Gasteiger partial charge on any atom is -0.496 e. The number of benzene rings is 2. The van der Waals surface area contributed by atoms with Gasteiger partial charge < -0.3 is 33.9 Å². The van der Waals surface area contributed by atoms with E-state index in [0.717, 1.165) is 5.41 Å². The van der Waals surface area contributed by atoms with E-state index < -0.39 is 15.9 Å². The largest absolute Gasteiger partial charge is 0.496 e. The average molecular weight is 492 g/mol. The minimum atomic E-state index is -3.69. The molecule has 0 saturated heterocycles. The van der Waals surface area contributed by atoms with Crippen molar-refractivity contribution in [2.75, 3.05) is 33.8 Å². The summed E-state index contributed by atoms with van der Waals surface area (Å²) in [5.74, 6) is 1.49. The Bertz CT molecular complexity index is 1090. The molecule has 1 N–H and O–H groups in total. The van der Waals surface area contributed by atoms with E-state index in [0.29, 0.717) is 52.4 Å². The van der Waals surface area contributed by atoms with Crippen molar-refractivity contribution in [1.82, 2.24) is 0 Å². The van der Waals surface area contributed by atoms with Crippen molar-refractivity contribution in [3.8, 4) is 23.0 Å². The molecule has 10 heteroatoms. The highest BCUT2D eigenvalue weighted by Crippen LogP contribution is 2.35. The number of sulfone groups is 1. The summed E-state index contributed by atoms with van der Waals surface area (Å²) in [5.41, 5.74) is 1.45. The van der Waals surface area contributed by atoms with Gasteiger partial charge in [0.25, 0.3) is 0 Å². The van der Waals surface area contributed by atoms with E-state index in [-0.39, 0.29) is 18.6 Å². The number of carbonyl (C=O) groups excluding carboxylic acids is 2. The molecular weight excluding hydrogens is 462 g/mol. The van der Waals surface area contributed by atoms with Gasteiger partial charge in [-0.05, 0) is 23.8 Å². The predicted molar refractivity (Wildman–Crippen MR) is 130 cm³/mol. The van der Waals surface area contributed by atoms with Gasteiger partial charge in [-0.25, -0.2) is 8.42 Å². The van der Waals surface area contributed by atoms with Crippen LogP contribution in [0.25, 0.3) is 6.08 Å². The average Bonchev–Trinajstić information content (AvgIpc) is 2.82. The molecule has 0 atom stereocenters. The Kier molecular flexibility index (Phi) is 9.93. The molecule has 0 fully saturated rings. The molecule has 0 amide bonds. The van der Waals surface area contributed by atoms with Crippen molar-refractivity contribution in [3.05, 3.63) is 46.9 Å². The van der Waals surface area contributed by atoms with Gasteiger partial charge in [-0.15, -0.1) is 0 Å². The topological polar surface area (TPSA) is 117 Å². The predicted octanol–water partition coefficient (Wildman–Crippen LogP) is 3.27. The van der Waals surface area contributed by atoms with Gasteiger partial charge in [-0.1, -0.05) is 6.07 Å². The lowest BCUT2D eigenvalue weighted by atomic mass is 10.1. The molecule has 34 heavy (non-hydrogen) atoms. The fourth-order valence-corrected chi connectivity index (χ4v) is 4.36. The van der Waals surface area contributed by atoms with Gasteiger partial charge >= 0.3 is 0 Å². The van der Waals surface area contributed by atoms with Crippen molar-refractivity contribution in [3.63, 3.8) is 0 Å². The third-order valence-electron chi connectivity index (χ3n) is 4.95. The second kappa shape index (κ2) is 12.6. The first-order chi connectivity index (χ1) is 16.3. The van der Waals surface area contributed by atoms with Crippen LogP contribution in [0.1, 0.15) is 24.0 Å². The van der Waals surface area contributed by atoms with Crippen LogP contribution in [0.15, 0.2) is 35.7 Å². The zero-order chi connectivity index (χ0) is 25.1. The lowest BCUT2D eigenvalue weighted by molar-refractivity contribution is -0.109. The van der Waals surface area contributed by atoms with Crippen molar-refractivity contribution in [2.45, 2.75) is 24.6 Å². The lowest BCUT2D eigenvalue weighted by Gasteiger charge is -2.18. The third kappa shape index (κ3) is 7.24. The zero-order valence-corrected chi connectivity index (χ0v) is 20.4. The Morgan fingerprint density at radius 1 is 0.853 bits per heavy atom. The van der Waals surface area contributed by atoms with Crippen LogP contribution in [0.5, 0.6) is 23.0 Å². The van der Waals surface area contributed by atoms with E-state index in [2.05, 4.69) is 5.32 Å². The molecule has 184 valence electrons. The normalized spacial score (nSPS) is 11.3. The quantitative estimate of drug-likeness (QED) is 0.397. The van der Waals surface area contributed by atoms with Gasteiger partial charge in [0.05, 0.1) is 45.4 Å². The lowest BCUT2D eigenvalue weighted by Crippen LogP contribution is -2.21. The van der Waals surface area contributed by atoms with Crippen molar-refractivity contribution in [1.29, 1.82) is 0 Å². The smallest absolute Gasteiger partial charge is 0.175 e. The van der Waals surface area contributed by atoms with Gasteiger partial charge in [0.2, 0.25) is 0 Å². The van der Waals surface area contributed by atoms with Crippen LogP contribution in [0.4, 0.5) is 5.69 Å². The first kappa shape index (κ1) is 26.7. The van der Waals surface area contributed by atoms with E-state index in [4.69, 9.17) is 18.9 Å². The summed E-state index contributed by atoms with van der Waals surface area (Å²) in [7, 11) is 2.23. The van der Waals surface area contributed by atoms with Gasteiger partial charge in [0.15, 0.2) is 9.84 Å². The van der Waals surface area contributed by atoms with Crippen LogP contribution < -0.4 is 24.3 Å². The Labute approximate surface area is 199 Å². The maximum Gasteiger partial charge on any atom is 0.175 e. The summed E-state index contributed by atoms with van der Waals surface area (Å²) < 4.78 is 46.9. The molecular formula is C24H29NO8S. The molecule has 2 aromatic rings. The first-order valence-corrected chi connectivity index (χ1v) is 12.0. The summed E-state index contributed by atoms with van der Waals surface area (Å²) in [6, 6.07) is 7.73. The summed E-state index contributed by atoms with van der Waals surface area (Å²) in [5, 5.41) is 4.18. The van der Waals surface area contributed by atoms with E-state index >= 15 is 0 Å². The molecule has 0 aromatic heterocycles. The zero-order valence-electron chi connectivity index (χ0n) is 19.6. The monoisotopic (exact) mass is 491 g/mol. The number of hydrogen-bond donors (Lipinski definition) is 1. The molecule has 0 aliphatic heterocycles. The fraction of sp³-hybridized carbons (Fsp3) is 0.333. The molecule has 0 unspecified atom stereocenters. The number of anilines is 1. The van der Waals surface area contributed by atoms with E-state index in [1.165, 1.54) is 34.5 Å². The number of methoxy groups -OCH3 is 4. The number of rotatable bonds is 14. The summed E-state index contributed by atoms with van der Waals surface area (Å²) in [4.78, 5) is 21.8. The maximum atomic E-state index is 12.9. The van der Waals surface area contributed by atoms with Crippen LogP contribution in [0, 0.1) is 0 Å². The number of ether oxygens (including phenoxy) is 4. The van der Waals surface area contributed by atoms with E-state index in [9.17, 15) is 18.0 Å². The highest BCUT2D eigenvalue weighted by atomic mass is 32.2. The van der Waals surface area contributed by atoms with Crippen LogP contribution in [-0.2, 0) is 25.2 Å². The fourth-order valence-electron chi connectivity index (χ4n) is 3.27. The molecule has 9 nitrogen and oxygen atoms in total. The number of nitrogens with one attached hydrogen (secondary N) is 1. The van der Waals surface area contributed by atoms with Gasteiger partial charge in [0, 0.05) is 36.4 Å². The number of aldehydes is 2. The van der Waals surface area contributed by atoms with Gasteiger partial charge in [-0.3, -0.25) is 0 Å². The van der Waals surface area contributed by atoms with Gasteiger partial charge in [-0.2, -0.15) is 0 Å². The molecule has 0 aliphatic rings. The Hall–Kier alpha value is -3.53. The van der Waals surface area contributed by atoms with Crippen LogP contribution in [0.2, 0.25) is 0 Å². The second-order valence-electron chi connectivity index (χ2n) is 7.24. The van der Waals surface area contributed by atoms with Crippen molar-refractivity contribution < 1.29 is 37.0 Å². The molecule has 0 bridgehead atoms. The highest BCUT2D eigenvalue weighted by Gasteiger charge is 2.16. The summed E-state index contributed by atoms with van der Waals surface area (Å²) in [6.07, 6.45) is 3.10. The van der Waals surface area contributed by atoms with Gasteiger partial charge in [0.1, 0.15) is 35.6 Å². The molecule has 0 aliphatic carbocycles. The van der Waals surface area contributed by atoms with Crippen LogP contribution >= 0.6 is 0 Å². The van der Waals surface area contributed by atoms with Crippen molar-refractivity contribution in [2.24, 2.45) is 0 Å². The standard InChI is InChI=1S/C24H29NO8S/c1-30-19-14-23(32-3)20(24(15-19)33-4)9-12-34(28,29)16-17-5-6-22(31-2)21(13-17)25-18(7-10-26)8-11-27/h5-6,9-15,18,25H,7-8,16H2,1-4H3. The Morgan fingerprint density at radius 3 is 1.94 bits per heavy atom. The molecule has 0 saturated carbocycles. The molecule has 0 heterocycles. The molecule has 0 radical (unpaired) electrons. The van der Waals surface area contributed by atoms with Crippen LogP contribution in [0.3, 0.4) is 0 Å². The Balaban J connectivity index is 2.32. The maximum absolute atomic E-state index is 12.9. The van der Waals surface area contributed by atoms with E-state index in [1.807, 2.05) is 0 Å². The van der Waals surface area contributed by atoms with Crippen LogP contribution in [-0.4, -0.2) is 55.5 Å². The molecule has 2 aromatic carbocycles. The van der Waals surface area contributed by atoms with Crippen molar-refractivity contribution >= 4 is 34.2 Å². The second-order valence-corrected chi connectivity index (χ2v) is 9.12. The summed E-state index contributed by atoms with van der Waals surface area (Å²) in [6.45, 7) is 0. The minimum absolute atomic E-state index is 0.124. The molecule has 0 spiro atoms. The SMILES string of the molecule is COc1cc(OC)c(C=CS(=O)(=O)Cc2ccc(OC)c(NC(CC=O)CC=O)c2)c(OC)c1. The van der Waals surface area contributed by atoms with E-state index in [1.54, 1.807) is 30.3 Å². The summed E-state index contributed by atoms with van der Waals surface area (Å²) >= 11 is 0. The molecule has 2 rings (SSSR count). The Morgan fingerprint density at radius 2 is 1.44 bits per heavy atom.